The van der Waals surface area contributed by atoms with Crippen molar-refractivity contribution in [1.29, 1.82) is 0 Å². The number of nitrogens with zero attached hydrogens (tertiary/aromatic N) is 1. The number of carbonyl (C=O) groups is 2. The summed E-state index contributed by atoms with van der Waals surface area (Å²) in [7, 11) is 1.46. The monoisotopic (exact) mass is 252 g/mol. The fraction of sp³-hybridized carbons (Fsp3) is 0.273. The van der Waals surface area contributed by atoms with Crippen molar-refractivity contribution in [2.24, 2.45) is 0 Å². The van der Waals surface area contributed by atoms with Crippen LogP contribution in [0.15, 0.2) is 18.2 Å². The quantitative estimate of drug-likeness (QED) is 0.477. The van der Waals surface area contributed by atoms with E-state index in [1.165, 1.54) is 26.1 Å². The van der Waals surface area contributed by atoms with E-state index < -0.39 is 11.0 Å². The molecule has 0 aliphatic rings. The normalized spacial score (nSPS) is 11.4. The van der Waals surface area contributed by atoms with Crippen LogP contribution in [0, 0.1) is 10.1 Å². The van der Waals surface area contributed by atoms with Crippen molar-refractivity contribution in [2.75, 3.05) is 7.05 Å². The minimum Gasteiger partial charge on any atom is -0.480 e. The van der Waals surface area contributed by atoms with Crippen molar-refractivity contribution in [1.82, 2.24) is 5.32 Å². The molecule has 1 aromatic carbocycles. The van der Waals surface area contributed by atoms with Crippen LogP contribution in [0.4, 0.5) is 5.69 Å². The second-order valence-electron chi connectivity index (χ2n) is 3.47. The van der Waals surface area contributed by atoms with Gasteiger partial charge >= 0.3 is 0 Å². The number of benzene rings is 1. The third-order valence-electron chi connectivity index (χ3n) is 2.25. The van der Waals surface area contributed by atoms with Crippen LogP contribution in [0.1, 0.15) is 17.3 Å². The van der Waals surface area contributed by atoms with E-state index in [0.29, 0.717) is 6.29 Å². The van der Waals surface area contributed by atoms with E-state index in [9.17, 15) is 19.7 Å². The fourth-order valence-corrected chi connectivity index (χ4v) is 1.30. The maximum Gasteiger partial charge on any atom is 0.270 e. The number of carbonyl (C=O) groups excluding carboxylic acids is 2. The molecule has 0 aromatic heterocycles. The van der Waals surface area contributed by atoms with Gasteiger partial charge in [-0.15, -0.1) is 0 Å². The minimum absolute atomic E-state index is 0.0277. The Morgan fingerprint density at radius 3 is 2.72 bits per heavy atom. The number of likely N-dealkylation sites (N-methyl/N-ethyl adjacent to an activating group) is 1. The summed E-state index contributed by atoms with van der Waals surface area (Å²) in [6.45, 7) is 1.51. The third kappa shape index (κ3) is 3.03. The van der Waals surface area contributed by atoms with Crippen molar-refractivity contribution < 1.29 is 19.2 Å². The summed E-state index contributed by atoms with van der Waals surface area (Å²) in [5.41, 5.74) is -0.183. The summed E-state index contributed by atoms with van der Waals surface area (Å²) in [5.74, 6) is -0.225. The molecule has 0 spiro atoms. The molecule has 0 aliphatic heterocycles. The fourth-order valence-electron chi connectivity index (χ4n) is 1.30. The Kier molecular flexibility index (Phi) is 4.36. The van der Waals surface area contributed by atoms with Crippen LogP contribution < -0.4 is 10.1 Å². The number of nitro groups is 1. The van der Waals surface area contributed by atoms with Gasteiger partial charge in [0.1, 0.15) is 5.75 Å². The molecule has 0 aliphatic carbocycles. The molecule has 1 N–H and O–H groups in total. The minimum atomic E-state index is -0.796. The zero-order valence-corrected chi connectivity index (χ0v) is 9.88. The zero-order valence-electron chi connectivity index (χ0n) is 9.88. The molecule has 1 rings (SSSR count). The number of nitro benzene ring substituents is 1. The molecule has 0 saturated carbocycles. The van der Waals surface area contributed by atoms with Crippen LogP contribution in [-0.4, -0.2) is 30.3 Å². The van der Waals surface area contributed by atoms with Crippen LogP contribution in [-0.2, 0) is 4.79 Å². The van der Waals surface area contributed by atoms with Crippen LogP contribution in [0.25, 0.3) is 0 Å². The SMILES string of the molecule is CNC(=O)C(C)Oc1ccc([N+](=O)[O-])cc1C=O. The third-order valence-corrected chi connectivity index (χ3v) is 2.25. The summed E-state index contributed by atoms with van der Waals surface area (Å²) >= 11 is 0. The highest BCUT2D eigenvalue weighted by atomic mass is 16.6. The Morgan fingerprint density at radius 1 is 1.56 bits per heavy atom. The first-order chi connectivity index (χ1) is 8.49. The molecule has 0 heterocycles. The molecule has 0 fully saturated rings. The number of hydrogen-bond donors (Lipinski definition) is 1. The van der Waals surface area contributed by atoms with Gasteiger partial charge in [-0.1, -0.05) is 0 Å². The number of ether oxygens (including phenoxy) is 1. The van der Waals surface area contributed by atoms with Gasteiger partial charge in [-0.05, 0) is 13.0 Å². The van der Waals surface area contributed by atoms with Crippen LogP contribution >= 0.6 is 0 Å². The average Bonchev–Trinajstić information content (AvgIpc) is 2.37. The number of amides is 1. The van der Waals surface area contributed by atoms with Gasteiger partial charge in [0.2, 0.25) is 0 Å². The second-order valence-corrected chi connectivity index (χ2v) is 3.47. The maximum atomic E-state index is 11.3. The maximum absolute atomic E-state index is 11.3. The predicted octanol–water partition coefficient (Wildman–Crippen LogP) is 0.921. The van der Waals surface area contributed by atoms with Crippen LogP contribution in [0.3, 0.4) is 0 Å². The van der Waals surface area contributed by atoms with E-state index in [2.05, 4.69) is 5.32 Å². The smallest absolute Gasteiger partial charge is 0.270 e. The van der Waals surface area contributed by atoms with Crippen LogP contribution in [0.5, 0.6) is 5.75 Å². The molecule has 1 atom stereocenters. The van der Waals surface area contributed by atoms with Gasteiger partial charge in [0.05, 0.1) is 10.5 Å². The van der Waals surface area contributed by atoms with Gasteiger partial charge in [-0.3, -0.25) is 19.7 Å². The van der Waals surface area contributed by atoms with Gasteiger partial charge in [0, 0.05) is 19.2 Å². The van der Waals surface area contributed by atoms with E-state index in [0.717, 1.165) is 6.07 Å². The van der Waals surface area contributed by atoms with Crippen molar-refractivity contribution in [3.8, 4) is 5.75 Å². The van der Waals surface area contributed by atoms with Gasteiger partial charge in [0.25, 0.3) is 11.6 Å². The van der Waals surface area contributed by atoms with Gasteiger partial charge in [0.15, 0.2) is 12.4 Å². The molecule has 18 heavy (non-hydrogen) atoms. The van der Waals surface area contributed by atoms with Gasteiger partial charge in [-0.25, -0.2) is 0 Å². The molecule has 1 unspecified atom stereocenters. The lowest BCUT2D eigenvalue weighted by molar-refractivity contribution is -0.384. The van der Waals surface area contributed by atoms with E-state index in [4.69, 9.17) is 4.74 Å². The largest absolute Gasteiger partial charge is 0.480 e. The number of nitrogens with one attached hydrogen (secondary N) is 1. The van der Waals surface area contributed by atoms with E-state index in [-0.39, 0.29) is 22.9 Å². The standard InChI is InChI=1S/C11H12N2O5/c1-7(11(15)12-2)18-10-4-3-9(13(16)17)5-8(10)6-14/h3-7H,1-2H3,(H,12,15). The topological polar surface area (TPSA) is 98.5 Å². The first-order valence-corrected chi connectivity index (χ1v) is 5.11. The first kappa shape index (κ1) is 13.6. The lowest BCUT2D eigenvalue weighted by Crippen LogP contribution is -2.33. The molecule has 0 saturated heterocycles. The number of rotatable bonds is 5. The molecule has 96 valence electrons. The molecule has 0 radical (unpaired) electrons. The van der Waals surface area contributed by atoms with Crippen molar-refractivity contribution in [2.45, 2.75) is 13.0 Å². The molecular weight excluding hydrogens is 240 g/mol. The highest BCUT2D eigenvalue weighted by molar-refractivity contribution is 5.83. The average molecular weight is 252 g/mol. The summed E-state index contributed by atoms with van der Waals surface area (Å²) in [4.78, 5) is 32.0. The second kappa shape index (κ2) is 5.76. The highest BCUT2D eigenvalue weighted by Crippen LogP contribution is 2.23. The Morgan fingerprint density at radius 2 is 2.22 bits per heavy atom. The van der Waals surface area contributed by atoms with Crippen molar-refractivity contribution in [3.63, 3.8) is 0 Å². The summed E-state index contributed by atoms with van der Waals surface area (Å²) < 4.78 is 5.26. The molecule has 1 amide bonds. The Labute approximate surface area is 103 Å². The lowest BCUT2D eigenvalue weighted by atomic mass is 10.2. The van der Waals surface area contributed by atoms with E-state index in [1.807, 2.05) is 0 Å². The zero-order chi connectivity index (χ0) is 13.7. The molecule has 1 aromatic rings. The highest BCUT2D eigenvalue weighted by Gasteiger charge is 2.17. The summed E-state index contributed by atoms with van der Waals surface area (Å²) in [6, 6.07) is 3.60. The van der Waals surface area contributed by atoms with E-state index in [1.54, 1.807) is 0 Å². The molecule has 7 nitrogen and oxygen atoms in total. The summed E-state index contributed by atoms with van der Waals surface area (Å²) in [5, 5.41) is 12.9. The molecular formula is C11H12N2O5. The first-order valence-electron chi connectivity index (χ1n) is 5.11. The van der Waals surface area contributed by atoms with E-state index >= 15 is 0 Å². The molecule has 0 bridgehead atoms. The van der Waals surface area contributed by atoms with Gasteiger partial charge in [-0.2, -0.15) is 0 Å². The number of aldehydes is 1. The molecule has 7 heteroatoms. The number of hydrogen-bond acceptors (Lipinski definition) is 5. The number of non-ortho nitro benzene ring substituents is 1. The van der Waals surface area contributed by atoms with Gasteiger partial charge < -0.3 is 10.1 Å². The lowest BCUT2D eigenvalue weighted by Gasteiger charge is -2.14. The Bertz CT molecular complexity index is 486. The van der Waals surface area contributed by atoms with Crippen molar-refractivity contribution in [3.05, 3.63) is 33.9 Å². The van der Waals surface area contributed by atoms with Crippen LogP contribution in [0.2, 0.25) is 0 Å². The summed E-state index contributed by atoms with van der Waals surface area (Å²) in [6.07, 6.45) is -0.353. The Hall–Kier alpha value is -2.44. The van der Waals surface area contributed by atoms with Crippen molar-refractivity contribution >= 4 is 17.9 Å². The Balaban J connectivity index is 2.99. The predicted molar refractivity (Wildman–Crippen MR) is 62.6 cm³/mol.